The first-order chi connectivity index (χ1) is 12.0. The zero-order valence-corrected chi connectivity index (χ0v) is 15.4. The van der Waals surface area contributed by atoms with Gasteiger partial charge in [0.2, 0.25) is 11.8 Å². The molecule has 1 aliphatic heterocycles. The third kappa shape index (κ3) is 3.83. The predicted molar refractivity (Wildman–Crippen MR) is 97.0 cm³/mol. The first kappa shape index (κ1) is 17.5. The highest BCUT2D eigenvalue weighted by atomic mass is 16.4. The van der Waals surface area contributed by atoms with Crippen molar-refractivity contribution in [3.63, 3.8) is 0 Å². The van der Waals surface area contributed by atoms with Crippen LogP contribution in [0.5, 0.6) is 0 Å². The van der Waals surface area contributed by atoms with E-state index in [1.807, 2.05) is 62.0 Å². The van der Waals surface area contributed by atoms with Crippen molar-refractivity contribution in [3.05, 3.63) is 41.6 Å². The van der Waals surface area contributed by atoms with E-state index in [4.69, 9.17) is 4.42 Å². The van der Waals surface area contributed by atoms with Crippen LogP contribution in [0.15, 0.2) is 28.7 Å². The van der Waals surface area contributed by atoms with Crippen LogP contribution in [0.2, 0.25) is 0 Å². The van der Waals surface area contributed by atoms with Crippen molar-refractivity contribution in [3.8, 4) is 0 Å². The van der Waals surface area contributed by atoms with Crippen molar-refractivity contribution < 1.29 is 9.21 Å². The highest BCUT2D eigenvalue weighted by Gasteiger charge is 2.28. The number of rotatable bonds is 4. The highest BCUT2D eigenvalue weighted by molar-refractivity contribution is 5.95. The molecule has 2 aromatic rings. The standard InChI is InChI=1S/C19H26N4O2/c1-13(2)17-20-21-18(25-17)14-8-10-23(11-9-14)19(24)15-6-5-7-16(12-15)22(3)4/h5-7,12-14H,8-11H2,1-4H3. The largest absolute Gasteiger partial charge is 0.425 e. The van der Waals surface area contributed by atoms with Gasteiger partial charge in [0.1, 0.15) is 0 Å². The molecule has 2 heterocycles. The molecule has 0 bridgehead atoms. The van der Waals surface area contributed by atoms with E-state index in [1.54, 1.807) is 0 Å². The number of carbonyl (C=O) groups excluding carboxylic acids is 1. The molecule has 1 amide bonds. The lowest BCUT2D eigenvalue weighted by Crippen LogP contribution is -2.38. The smallest absolute Gasteiger partial charge is 0.253 e. The van der Waals surface area contributed by atoms with Crippen molar-refractivity contribution in [2.24, 2.45) is 0 Å². The van der Waals surface area contributed by atoms with Gasteiger partial charge in [-0.2, -0.15) is 0 Å². The maximum atomic E-state index is 12.8. The minimum atomic E-state index is 0.0931. The minimum Gasteiger partial charge on any atom is -0.425 e. The van der Waals surface area contributed by atoms with Crippen LogP contribution in [0.4, 0.5) is 5.69 Å². The minimum absolute atomic E-state index is 0.0931. The summed E-state index contributed by atoms with van der Waals surface area (Å²) in [4.78, 5) is 16.7. The van der Waals surface area contributed by atoms with Crippen molar-refractivity contribution in [1.29, 1.82) is 0 Å². The molecular weight excluding hydrogens is 316 g/mol. The van der Waals surface area contributed by atoms with Crippen LogP contribution in [0, 0.1) is 0 Å². The summed E-state index contributed by atoms with van der Waals surface area (Å²) < 4.78 is 5.78. The summed E-state index contributed by atoms with van der Waals surface area (Å²) in [5.74, 6) is 1.99. The fourth-order valence-corrected chi connectivity index (χ4v) is 3.07. The molecule has 0 atom stereocenters. The number of nitrogens with zero attached hydrogens (tertiary/aromatic N) is 4. The number of amides is 1. The monoisotopic (exact) mass is 342 g/mol. The van der Waals surface area contributed by atoms with Crippen LogP contribution in [0.1, 0.15) is 60.7 Å². The third-order valence-electron chi connectivity index (χ3n) is 4.69. The first-order valence-corrected chi connectivity index (χ1v) is 8.85. The van der Waals surface area contributed by atoms with Gasteiger partial charge in [-0.1, -0.05) is 19.9 Å². The Bertz CT molecular complexity index is 731. The summed E-state index contributed by atoms with van der Waals surface area (Å²) in [6.45, 7) is 5.52. The third-order valence-corrected chi connectivity index (χ3v) is 4.69. The quantitative estimate of drug-likeness (QED) is 0.853. The summed E-state index contributed by atoms with van der Waals surface area (Å²) in [5.41, 5.74) is 1.78. The summed E-state index contributed by atoms with van der Waals surface area (Å²) in [5, 5.41) is 8.31. The number of piperidine rings is 1. The first-order valence-electron chi connectivity index (χ1n) is 8.85. The molecule has 6 nitrogen and oxygen atoms in total. The van der Waals surface area contributed by atoms with Crippen LogP contribution in [-0.2, 0) is 0 Å². The Labute approximate surface area is 148 Å². The molecule has 1 aromatic heterocycles. The number of hydrogen-bond acceptors (Lipinski definition) is 5. The SMILES string of the molecule is CC(C)c1nnc(C2CCN(C(=O)c3cccc(N(C)C)c3)CC2)o1. The average molecular weight is 342 g/mol. The second-order valence-corrected chi connectivity index (χ2v) is 7.14. The van der Waals surface area contributed by atoms with Crippen LogP contribution in [0.3, 0.4) is 0 Å². The molecule has 0 N–H and O–H groups in total. The molecule has 1 aromatic carbocycles. The van der Waals surface area contributed by atoms with E-state index in [9.17, 15) is 4.79 Å². The second kappa shape index (κ2) is 7.25. The van der Waals surface area contributed by atoms with E-state index in [0.717, 1.165) is 37.2 Å². The number of likely N-dealkylation sites (tertiary alicyclic amines) is 1. The topological polar surface area (TPSA) is 62.5 Å². The maximum Gasteiger partial charge on any atom is 0.253 e. The molecule has 0 aliphatic carbocycles. The van der Waals surface area contributed by atoms with E-state index >= 15 is 0 Å². The molecule has 25 heavy (non-hydrogen) atoms. The van der Waals surface area contributed by atoms with Gasteiger partial charge in [-0.25, -0.2) is 0 Å². The molecule has 0 spiro atoms. The molecule has 1 saturated heterocycles. The molecule has 0 saturated carbocycles. The summed E-state index contributed by atoms with van der Waals surface area (Å²) in [6, 6.07) is 7.77. The average Bonchev–Trinajstić information content (AvgIpc) is 3.12. The Kier molecular flexibility index (Phi) is 5.06. The van der Waals surface area contributed by atoms with Crippen molar-refractivity contribution in [1.82, 2.24) is 15.1 Å². The van der Waals surface area contributed by atoms with E-state index < -0.39 is 0 Å². The Morgan fingerprint density at radius 1 is 1.24 bits per heavy atom. The van der Waals surface area contributed by atoms with Gasteiger partial charge in [0, 0.05) is 50.3 Å². The molecule has 3 rings (SSSR count). The van der Waals surface area contributed by atoms with Gasteiger partial charge in [-0.3, -0.25) is 4.79 Å². The van der Waals surface area contributed by atoms with Gasteiger partial charge in [-0.15, -0.1) is 10.2 Å². The molecule has 0 unspecified atom stereocenters. The normalized spacial score (nSPS) is 15.6. The lowest BCUT2D eigenvalue weighted by Gasteiger charge is -2.30. The van der Waals surface area contributed by atoms with Crippen LogP contribution >= 0.6 is 0 Å². The second-order valence-electron chi connectivity index (χ2n) is 7.14. The molecule has 1 fully saturated rings. The molecule has 0 radical (unpaired) electrons. The van der Waals surface area contributed by atoms with E-state index in [0.29, 0.717) is 11.8 Å². The fourth-order valence-electron chi connectivity index (χ4n) is 3.07. The van der Waals surface area contributed by atoms with Crippen molar-refractivity contribution in [2.75, 3.05) is 32.1 Å². The molecular formula is C19H26N4O2. The number of benzene rings is 1. The zero-order valence-electron chi connectivity index (χ0n) is 15.4. The van der Waals surface area contributed by atoms with Gasteiger partial charge in [-0.05, 0) is 31.0 Å². The highest BCUT2D eigenvalue weighted by Crippen LogP contribution is 2.29. The van der Waals surface area contributed by atoms with Crippen LogP contribution in [0.25, 0.3) is 0 Å². The predicted octanol–water partition coefficient (Wildman–Crippen LogP) is 3.28. The van der Waals surface area contributed by atoms with E-state index in [2.05, 4.69) is 10.2 Å². The van der Waals surface area contributed by atoms with E-state index in [-0.39, 0.29) is 17.7 Å². The lowest BCUT2D eigenvalue weighted by molar-refractivity contribution is 0.0706. The Morgan fingerprint density at radius 2 is 1.96 bits per heavy atom. The van der Waals surface area contributed by atoms with Gasteiger partial charge in [0.05, 0.1) is 0 Å². The van der Waals surface area contributed by atoms with Gasteiger partial charge < -0.3 is 14.2 Å². The Hall–Kier alpha value is -2.37. The fraction of sp³-hybridized carbons (Fsp3) is 0.526. The van der Waals surface area contributed by atoms with Crippen LogP contribution in [-0.4, -0.2) is 48.2 Å². The summed E-state index contributed by atoms with van der Waals surface area (Å²) >= 11 is 0. The van der Waals surface area contributed by atoms with Gasteiger partial charge in [0.25, 0.3) is 5.91 Å². The number of aromatic nitrogens is 2. The van der Waals surface area contributed by atoms with Crippen molar-refractivity contribution in [2.45, 2.75) is 38.5 Å². The Morgan fingerprint density at radius 3 is 2.56 bits per heavy atom. The Balaban J connectivity index is 1.63. The lowest BCUT2D eigenvalue weighted by atomic mass is 9.96. The van der Waals surface area contributed by atoms with Gasteiger partial charge in [0.15, 0.2) is 0 Å². The van der Waals surface area contributed by atoms with E-state index in [1.165, 1.54) is 0 Å². The number of carbonyl (C=O) groups is 1. The van der Waals surface area contributed by atoms with Gasteiger partial charge >= 0.3 is 0 Å². The summed E-state index contributed by atoms with van der Waals surface area (Å²) in [7, 11) is 3.95. The summed E-state index contributed by atoms with van der Waals surface area (Å²) in [6.07, 6.45) is 1.72. The molecule has 6 heteroatoms. The zero-order chi connectivity index (χ0) is 18.0. The molecule has 1 aliphatic rings. The van der Waals surface area contributed by atoms with Crippen LogP contribution < -0.4 is 4.90 Å². The molecule has 134 valence electrons. The number of anilines is 1. The maximum absolute atomic E-state index is 12.8. The van der Waals surface area contributed by atoms with Crippen molar-refractivity contribution >= 4 is 11.6 Å². The number of hydrogen-bond donors (Lipinski definition) is 0.